The molecule has 1 saturated carbocycles. The fourth-order valence-electron chi connectivity index (χ4n) is 2.99. The molecule has 2 rings (SSSR count). The summed E-state index contributed by atoms with van der Waals surface area (Å²) in [7, 11) is 0. The molecule has 1 aromatic heterocycles. The molecule has 1 aliphatic rings. The predicted molar refractivity (Wildman–Crippen MR) is 60.4 cm³/mol. The Kier molecular flexibility index (Phi) is 2.74. The maximum Gasteiger partial charge on any atom is 0.0624 e. The summed E-state index contributed by atoms with van der Waals surface area (Å²) in [6.45, 7) is 4.46. The van der Waals surface area contributed by atoms with Gasteiger partial charge in [0.25, 0.3) is 0 Å². The monoisotopic (exact) mass is 205 g/mol. The van der Waals surface area contributed by atoms with Crippen LogP contribution in [0.25, 0.3) is 0 Å². The van der Waals surface area contributed by atoms with Gasteiger partial charge in [-0.1, -0.05) is 13.8 Å². The van der Waals surface area contributed by atoms with Crippen LogP contribution in [0.1, 0.15) is 44.7 Å². The molecule has 0 spiro atoms. The highest BCUT2D eigenvalue weighted by Gasteiger charge is 2.51. The molecule has 2 unspecified atom stereocenters. The van der Waals surface area contributed by atoms with E-state index in [9.17, 15) is 0 Å². The number of rotatable bonds is 3. The summed E-state index contributed by atoms with van der Waals surface area (Å²) >= 11 is 0. The second-order valence-electron chi connectivity index (χ2n) is 4.47. The Balaban J connectivity index is 2.25. The van der Waals surface area contributed by atoms with Crippen LogP contribution in [0.15, 0.2) is 18.6 Å². The van der Waals surface area contributed by atoms with E-state index >= 15 is 0 Å². The van der Waals surface area contributed by atoms with Gasteiger partial charge in [-0.05, 0) is 24.7 Å². The largest absolute Gasteiger partial charge is 0.327 e. The lowest BCUT2D eigenvalue weighted by molar-refractivity contribution is 0.0411. The summed E-state index contributed by atoms with van der Waals surface area (Å²) in [4.78, 5) is 8.55. The van der Waals surface area contributed by atoms with E-state index in [1.165, 1.54) is 0 Å². The van der Waals surface area contributed by atoms with Gasteiger partial charge in [0.1, 0.15) is 0 Å². The molecule has 2 atom stereocenters. The van der Waals surface area contributed by atoms with Crippen molar-refractivity contribution in [1.82, 2.24) is 9.97 Å². The van der Waals surface area contributed by atoms with Crippen LogP contribution in [-0.2, 0) is 0 Å². The van der Waals surface area contributed by atoms with Crippen LogP contribution in [0.2, 0.25) is 0 Å². The van der Waals surface area contributed by atoms with E-state index in [2.05, 4.69) is 23.8 Å². The first kappa shape index (κ1) is 10.6. The molecule has 0 radical (unpaired) electrons. The molecule has 15 heavy (non-hydrogen) atoms. The zero-order valence-electron chi connectivity index (χ0n) is 9.48. The quantitative estimate of drug-likeness (QED) is 0.822. The van der Waals surface area contributed by atoms with Crippen LogP contribution < -0.4 is 5.73 Å². The second-order valence-corrected chi connectivity index (χ2v) is 4.47. The normalized spacial score (nSPS) is 28.5. The summed E-state index contributed by atoms with van der Waals surface area (Å²) in [6.07, 6.45) is 8.70. The Morgan fingerprint density at radius 1 is 1.40 bits per heavy atom. The zero-order chi connectivity index (χ0) is 10.9. The lowest BCUT2D eigenvalue weighted by Crippen LogP contribution is -2.56. The van der Waals surface area contributed by atoms with Crippen LogP contribution in [0.5, 0.6) is 0 Å². The molecule has 0 bridgehead atoms. The first-order chi connectivity index (χ1) is 7.24. The van der Waals surface area contributed by atoms with Crippen molar-refractivity contribution in [3.63, 3.8) is 0 Å². The van der Waals surface area contributed by atoms with Crippen LogP contribution in [-0.4, -0.2) is 16.0 Å². The molecule has 1 aliphatic carbocycles. The first-order valence-corrected chi connectivity index (χ1v) is 5.76. The highest BCUT2D eigenvalue weighted by Crippen LogP contribution is 2.55. The van der Waals surface area contributed by atoms with Gasteiger partial charge in [-0.3, -0.25) is 9.97 Å². The maximum absolute atomic E-state index is 6.16. The molecule has 1 fully saturated rings. The number of hydrogen-bond acceptors (Lipinski definition) is 3. The molecule has 3 heteroatoms. The Morgan fingerprint density at radius 2 is 2.13 bits per heavy atom. The van der Waals surface area contributed by atoms with Crippen LogP contribution >= 0.6 is 0 Å². The van der Waals surface area contributed by atoms with Gasteiger partial charge in [0.2, 0.25) is 0 Å². The molecule has 2 N–H and O–H groups in total. The Morgan fingerprint density at radius 3 is 2.60 bits per heavy atom. The SMILES string of the molecule is CCC1(CC)C(N)CC1c1cnccn1. The van der Waals surface area contributed by atoms with Crippen molar-refractivity contribution in [3.05, 3.63) is 24.3 Å². The van der Waals surface area contributed by atoms with Crippen molar-refractivity contribution >= 4 is 0 Å². The topological polar surface area (TPSA) is 51.8 Å². The minimum Gasteiger partial charge on any atom is -0.327 e. The molecular formula is C12H19N3. The number of nitrogens with two attached hydrogens (primary N) is 1. The van der Waals surface area contributed by atoms with Crippen molar-refractivity contribution in [3.8, 4) is 0 Å². The van der Waals surface area contributed by atoms with E-state index in [4.69, 9.17) is 5.73 Å². The van der Waals surface area contributed by atoms with Crippen molar-refractivity contribution in [2.24, 2.45) is 11.1 Å². The number of nitrogens with zero attached hydrogens (tertiary/aromatic N) is 2. The smallest absolute Gasteiger partial charge is 0.0624 e. The predicted octanol–water partition coefficient (Wildman–Crippen LogP) is 2.10. The Bertz CT molecular complexity index is 319. The van der Waals surface area contributed by atoms with Gasteiger partial charge in [-0.25, -0.2) is 0 Å². The summed E-state index contributed by atoms with van der Waals surface area (Å²) in [5.41, 5.74) is 7.53. The van der Waals surface area contributed by atoms with Gasteiger partial charge in [0.05, 0.1) is 5.69 Å². The average Bonchev–Trinajstić information content (AvgIpc) is 2.29. The van der Waals surface area contributed by atoms with Gasteiger partial charge < -0.3 is 5.73 Å². The van der Waals surface area contributed by atoms with Crippen LogP contribution in [0.3, 0.4) is 0 Å². The average molecular weight is 205 g/mol. The van der Waals surface area contributed by atoms with E-state index < -0.39 is 0 Å². The summed E-state index contributed by atoms with van der Waals surface area (Å²) in [5.74, 6) is 0.510. The molecule has 0 aliphatic heterocycles. The Hall–Kier alpha value is -0.960. The van der Waals surface area contributed by atoms with Gasteiger partial charge in [0, 0.05) is 30.6 Å². The molecular weight excluding hydrogens is 186 g/mol. The maximum atomic E-state index is 6.16. The van der Waals surface area contributed by atoms with Crippen molar-refractivity contribution in [2.45, 2.75) is 45.1 Å². The minimum atomic E-state index is 0.260. The third-order valence-corrected chi connectivity index (χ3v) is 4.18. The van der Waals surface area contributed by atoms with E-state index in [-0.39, 0.29) is 5.41 Å². The standard InChI is InChI=1S/C12H19N3/c1-3-12(4-2)9(7-11(12)13)10-8-14-5-6-15-10/h5-6,8-9,11H,3-4,7,13H2,1-2H3. The zero-order valence-corrected chi connectivity index (χ0v) is 9.48. The molecule has 0 amide bonds. The molecule has 82 valence electrons. The highest BCUT2D eigenvalue weighted by atomic mass is 14.8. The van der Waals surface area contributed by atoms with Crippen LogP contribution in [0.4, 0.5) is 0 Å². The van der Waals surface area contributed by atoms with Crippen molar-refractivity contribution < 1.29 is 0 Å². The number of aromatic nitrogens is 2. The molecule has 0 saturated heterocycles. The third-order valence-electron chi connectivity index (χ3n) is 4.18. The van der Waals surface area contributed by atoms with E-state index in [0.29, 0.717) is 12.0 Å². The highest BCUT2D eigenvalue weighted by molar-refractivity contribution is 5.19. The first-order valence-electron chi connectivity index (χ1n) is 5.76. The van der Waals surface area contributed by atoms with Crippen molar-refractivity contribution in [1.29, 1.82) is 0 Å². The second kappa shape index (κ2) is 3.89. The van der Waals surface area contributed by atoms with Crippen molar-refractivity contribution in [2.75, 3.05) is 0 Å². The van der Waals surface area contributed by atoms with Gasteiger partial charge in [0.15, 0.2) is 0 Å². The summed E-state index contributed by atoms with van der Waals surface area (Å²) < 4.78 is 0. The lowest BCUT2D eigenvalue weighted by Gasteiger charge is -2.54. The lowest BCUT2D eigenvalue weighted by atomic mass is 9.53. The molecule has 3 nitrogen and oxygen atoms in total. The van der Waals surface area contributed by atoms with E-state index in [1.807, 2.05) is 6.20 Å². The van der Waals surface area contributed by atoms with E-state index in [1.54, 1.807) is 12.4 Å². The minimum absolute atomic E-state index is 0.260. The van der Waals surface area contributed by atoms with Gasteiger partial charge in [-0.15, -0.1) is 0 Å². The number of hydrogen-bond donors (Lipinski definition) is 1. The molecule has 0 aromatic carbocycles. The third kappa shape index (κ3) is 1.46. The summed E-state index contributed by atoms with van der Waals surface area (Å²) in [6, 6.07) is 0.333. The summed E-state index contributed by atoms with van der Waals surface area (Å²) in [5, 5.41) is 0. The van der Waals surface area contributed by atoms with Gasteiger partial charge in [-0.2, -0.15) is 0 Å². The van der Waals surface area contributed by atoms with Crippen LogP contribution in [0, 0.1) is 5.41 Å². The molecule has 1 heterocycles. The van der Waals surface area contributed by atoms with E-state index in [0.717, 1.165) is 25.0 Å². The van der Waals surface area contributed by atoms with Gasteiger partial charge >= 0.3 is 0 Å². The fraction of sp³-hybridized carbons (Fsp3) is 0.667. The molecule has 1 aromatic rings. The fourth-order valence-corrected chi connectivity index (χ4v) is 2.99. The Labute approximate surface area is 91.1 Å².